The summed E-state index contributed by atoms with van der Waals surface area (Å²) < 4.78 is 16.0. The van der Waals surface area contributed by atoms with Crippen molar-refractivity contribution < 1.29 is 23.8 Å². The molecule has 2 aromatic rings. The largest absolute Gasteiger partial charge is 0.497 e. The van der Waals surface area contributed by atoms with Crippen LogP contribution in [0.5, 0.6) is 11.5 Å². The Kier molecular flexibility index (Phi) is 6.49. The van der Waals surface area contributed by atoms with Gasteiger partial charge in [-0.25, -0.2) is 0 Å². The summed E-state index contributed by atoms with van der Waals surface area (Å²) >= 11 is 0. The number of benzene rings is 2. The maximum absolute atomic E-state index is 12.8. The first kappa shape index (κ1) is 19.7. The maximum Gasteiger partial charge on any atom is 0.259 e. The molecular weight excluding hydrogens is 360 g/mol. The fourth-order valence-electron chi connectivity index (χ4n) is 3.07. The van der Waals surface area contributed by atoms with Crippen LogP contribution in [0.15, 0.2) is 42.5 Å². The van der Waals surface area contributed by atoms with E-state index in [4.69, 9.17) is 14.2 Å². The van der Waals surface area contributed by atoms with Crippen LogP contribution < -0.4 is 20.1 Å². The zero-order valence-corrected chi connectivity index (χ0v) is 16.0. The summed E-state index contributed by atoms with van der Waals surface area (Å²) in [6, 6.07) is 11.8. The predicted molar refractivity (Wildman–Crippen MR) is 105 cm³/mol. The molecule has 7 heteroatoms. The summed E-state index contributed by atoms with van der Waals surface area (Å²) in [6.45, 7) is 1.18. The first-order chi connectivity index (χ1) is 13.6. The highest BCUT2D eigenvalue weighted by atomic mass is 16.5. The molecule has 7 nitrogen and oxygen atoms in total. The Bertz CT molecular complexity index is 846. The fourth-order valence-corrected chi connectivity index (χ4v) is 3.07. The van der Waals surface area contributed by atoms with Gasteiger partial charge in [-0.2, -0.15) is 0 Å². The Morgan fingerprint density at radius 3 is 2.61 bits per heavy atom. The molecule has 2 N–H and O–H groups in total. The number of ether oxygens (including phenoxy) is 3. The van der Waals surface area contributed by atoms with E-state index in [0.717, 1.165) is 19.4 Å². The Hall–Kier alpha value is -3.06. The summed E-state index contributed by atoms with van der Waals surface area (Å²) in [6.07, 6.45) is 2.00. The lowest BCUT2D eigenvalue weighted by atomic mass is 10.1. The van der Waals surface area contributed by atoms with Gasteiger partial charge < -0.3 is 24.8 Å². The van der Waals surface area contributed by atoms with Crippen molar-refractivity contribution in [1.29, 1.82) is 0 Å². The summed E-state index contributed by atoms with van der Waals surface area (Å²) in [7, 11) is 3.03. The van der Waals surface area contributed by atoms with Crippen LogP contribution in [0.3, 0.4) is 0 Å². The molecule has 1 heterocycles. The minimum atomic E-state index is -0.376. The highest BCUT2D eigenvalue weighted by Crippen LogP contribution is 2.26. The number of hydrogen-bond acceptors (Lipinski definition) is 5. The summed E-state index contributed by atoms with van der Waals surface area (Å²) in [5.41, 5.74) is 1.16. The second-order valence-electron chi connectivity index (χ2n) is 6.41. The van der Waals surface area contributed by atoms with Crippen LogP contribution in [0.2, 0.25) is 0 Å². The number of amides is 2. The van der Waals surface area contributed by atoms with E-state index in [9.17, 15) is 9.59 Å². The number of nitrogens with one attached hydrogen (secondary N) is 2. The summed E-state index contributed by atoms with van der Waals surface area (Å²) in [5.74, 6) is 0.339. The van der Waals surface area contributed by atoms with E-state index in [1.807, 2.05) is 0 Å². The number of methoxy groups -OCH3 is 2. The van der Waals surface area contributed by atoms with Gasteiger partial charge in [-0.3, -0.25) is 9.59 Å². The van der Waals surface area contributed by atoms with Crippen molar-refractivity contribution in [2.24, 2.45) is 0 Å². The molecule has 1 saturated heterocycles. The van der Waals surface area contributed by atoms with Gasteiger partial charge in [0.1, 0.15) is 11.5 Å². The first-order valence-electron chi connectivity index (χ1n) is 9.14. The number of hydrogen-bond donors (Lipinski definition) is 2. The van der Waals surface area contributed by atoms with Crippen molar-refractivity contribution in [2.75, 3.05) is 32.7 Å². The molecule has 0 aromatic heterocycles. The highest BCUT2D eigenvalue weighted by Gasteiger charge is 2.20. The lowest BCUT2D eigenvalue weighted by molar-refractivity contribution is 0.0858. The zero-order valence-electron chi connectivity index (χ0n) is 16.0. The number of carbonyl (C=O) groups is 2. The van der Waals surface area contributed by atoms with E-state index in [-0.39, 0.29) is 17.9 Å². The molecule has 2 aromatic carbocycles. The molecule has 1 atom stereocenters. The molecule has 0 spiro atoms. The van der Waals surface area contributed by atoms with E-state index in [2.05, 4.69) is 10.6 Å². The number of para-hydroxylation sites is 1. The van der Waals surface area contributed by atoms with E-state index in [0.29, 0.717) is 34.9 Å². The van der Waals surface area contributed by atoms with Gasteiger partial charge in [-0.05, 0) is 37.1 Å². The zero-order chi connectivity index (χ0) is 19.9. The molecule has 0 bridgehead atoms. The Morgan fingerprint density at radius 1 is 1.07 bits per heavy atom. The van der Waals surface area contributed by atoms with Crippen LogP contribution in [0.1, 0.15) is 33.6 Å². The van der Waals surface area contributed by atoms with E-state index in [1.54, 1.807) is 49.6 Å². The molecule has 1 aliphatic rings. The van der Waals surface area contributed by atoms with Crippen molar-refractivity contribution in [1.82, 2.24) is 5.32 Å². The van der Waals surface area contributed by atoms with Gasteiger partial charge in [-0.1, -0.05) is 12.1 Å². The normalized spacial score (nSPS) is 15.7. The molecule has 148 valence electrons. The topological polar surface area (TPSA) is 85.9 Å². The lowest BCUT2D eigenvalue weighted by Gasteiger charge is -2.15. The SMILES string of the molecule is COc1ccc(C(=O)Nc2ccccc2C(=O)NC[C@H]2CCCO2)c(OC)c1. The van der Waals surface area contributed by atoms with Gasteiger partial charge in [0, 0.05) is 19.2 Å². The van der Waals surface area contributed by atoms with Crippen LogP contribution in [0.4, 0.5) is 5.69 Å². The van der Waals surface area contributed by atoms with Crippen LogP contribution >= 0.6 is 0 Å². The van der Waals surface area contributed by atoms with Crippen molar-refractivity contribution in [3.05, 3.63) is 53.6 Å². The highest BCUT2D eigenvalue weighted by molar-refractivity contribution is 6.10. The molecule has 1 aliphatic heterocycles. The van der Waals surface area contributed by atoms with E-state index < -0.39 is 0 Å². The number of carbonyl (C=O) groups excluding carboxylic acids is 2. The third kappa shape index (κ3) is 4.61. The van der Waals surface area contributed by atoms with Gasteiger partial charge in [0.05, 0.1) is 37.1 Å². The number of rotatable bonds is 7. The standard InChI is InChI=1S/C21H24N2O5/c1-26-14-9-10-17(19(12-14)27-2)21(25)23-18-8-4-3-7-16(18)20(24)22-13-15-6-5-11-28-15/h3-4,7-10,12,15H,5-6,11,13H2,1-2H3,(H,22,24)(H,23,25)/t15-/m1/s1. The molecule has 0 aliphatic carbocycles. The second kappa shape index (κ2) is 9.23. The predicted octanol–water partition coefficient (Wildman–Crippen LogP) is 2.86. The Balaban J connectivity index is 1.73. The van der Waals surface area contributed by atoms with Gasteiger partial charge in [0.25, 0.3) is 11.8 Å². The van der Waals surface area contributed by atoms with Crippen LogP contribution in [-0.4, -0.2) is 45.3 Å². The number of anilines is 1. The monoisotopic (exact) mass is 384 g/mol. The van der Waals surface area contributed by atoms with Gasteiger partial charge in [0.2, 0.25) is 0 Å². The molecule has 0 radical (unpaired) electrons. The molecule has 0 unspecified atom stereocenters. The van der Waals surface area contributed by atoms with E-state index in [1.165, 1.54) is 7.11 Å². The van der Waals surface area contributed by atoms with Crippen LogP contribution in [0.25, 0.3) is 0 Å². The minimum Gasteiger partial charge on any atom is -0.497 e. The molecule has 3 rings (SSSR count). The fraction of sp³-hybridized carbons (Fsp3) is 0.333. The summed E-state index contributed by atoms with van der Waals surface area (Å²) in [4.78, 5) is 25.3. The third-order valence-electron chi connectivity index (χ3n) is 4.59. The van der Waals surface area contributed by atoms with Crippen molar-refractivity contribution >= 4 is 17.5 Å². The Labute approximate surface area is 164 Å². The maximum atomic E-state index is 12.8. The molecular formula is C21H24N2O5. The summed E-state index contributed by atoms with van der Waals surface area (Å²) in [5, 5.41) is 5.67. The minimum absolute atomic E-state index is 0.0502. The van der Waals surface area contributed by atoms with Crippen LogP contribution in [0, 0.1) is 0 Å². The molecule has 2 amide bonds. The van der Waals surface area contributed by atoms with Gasteiger partial charge in [0.15, 0.2) is 0 Å². The van der Waals surface area contributed by atoms with Gasteiger partial charge >= 0.3 is 0 Å². The van der Waals surface area contributed by atoms with Gasteiger partial charge in [-0.15, -0.1) is 0 Å². The molecule has 28 heavy (non-hydrogen) atoms. The molecule has 0 saturated carbocycles. The smallest absolute Gasteiger partial charge is 0.259 e. The lowest BCUT2D eigenvalue weighted by Crippen LogP contribution is -2.32. The average molecular weight is 384 g/mol. The van der Waals surface area contributed by atoms with Crippen molar-refractivity contribution in [3.8, 4) is 11.5 Å². The van der Waals surface area contributed by atoms with Crippen LogP contribution in [-0.2, 0) is 4.74 Å². The van der Waals surface area contributed by atoms with Crippen molar-refractivity contribution in [3.63, 3.8) is 0 Å². The first-order valence-corrected chi connectivity index (χ1v) is 9.14. The third-order valence-corrected chi connectivity index (χ3v) is 4.59. The quantitative estimate of drug-likeness (QED) is 0.767. The molecule has 1 fully saturated rings. The van der Waals surface area contributed by atoms with Crippen molar-refractivity contribution in [2.45, 2.75) is 18.9 Å². The Morgan fingerprint density at radius 2 is 1.89 bits per heavy atom. The second-order valence-corrected chi connectivity index (χ2v) is 6.41. The van der Waals surface area contributed by atoms with E-state index >= 15 is 0 Å². The average Bonchev–Trinajstić information content (AvgIpc) is 3.25.